The van der Waals surface area contributed by atoms with E-state index in [0.717, 1.165) is 13.1 Å². The number of hydrogen-bond donors (Lipinski definition) is 1. The van der Waals surface area contributed by atoms with Crippen LogP contribution in [-0.2, 0) is 9.59 Å². The van der Waals surface area contributed by atoms with Crippen molar-refractivity contribution in [3.8, 4) is 17.2 Å². The zero-order valence-electron chi connectivity index (χ0n) is 22.2. The number of rotatable bonds is 12. The number of carbonyl (C=O) groups is 2. The van der Waals surface area contributed by atoms with Gasteiger partial charge < -0.3 is 29.1 Å². The van der Waals surface area contributed by atoms with Gasteiger partial charge in [-0.3, -0.25) is 9.59 Å². The van der Waals surface area contributed by atoms with Crippen LogP contribution in [0.3, 0.4) is 0 Å². The van der Waals surface area contributed by atoms with Crippen LogP contribution >= 0.6 is 0 Å². The van der Waals surface area contributed by atoms with E-state index in [9.17, 15) is 14.7 Å². The van der Waals surface area contributed by atoms with Crippen molar-refractivity contribution in [1.82, 2.24) is 9.80 Å². The summed E-state index contributed by atoms with van der Waals surface area (Å²) in [5, 5.41) is 11.5. The number of likely N-dealkylation sites (tertiary alicyclic amines) is 1. The first-order valence-electron chi connectivity index (χ1n) is 12.4. The average Bonchev–Trinajstić information content (AvgIpc) is 3.16. The summed E-state index contributed by atoms with van der Waals surface area (Å²) in [6.07, 6.45) is 1.64. The molecule has 3 rings (SSSR count). The summed E-state index contributed by atoms with van der Waals surface area (Å²) in [5.74, 6) is 0.0214. The second-order valence-electron chi connectivity index (χ2n) is 8.71. The van der Waals surface area contributed by atoms with Crippen molar-refractivity contribution in [2.75, 3.05) is 47.0 Å². The Morgan fingerprint density at radius 2 is 1.78 bits per heavy atom. The predicted octanol–water partition coefficient (Wildman–Crippen LogP) is 4.34. The Morgan fingerprint density at radius 3 is 2.38 bits per heavy atom. The first-order valence-corrected chi connectivity index (χ1v) is 12.4. The van der Waals surface area contributed by atoms with E-state index in [4.69, 9.17) is 14.2 Å². The van der Waals surface area contributed by atoms with Crippen molar-refractivity contribution in [3.05, 3.63) is 71.3 Å². The fraction of sp³-hybridized carbons (Fsp3) is 0.379. The zero-order valence-corrected chi connectivity index (χ0v) is 22.2. The largest absolute Gasteiger partial charge is 0.507 e. The molecule has 2 aromatic rings. The Balaban J connectivity index is 2.15. The first-order chi connectivity index (χ1) is 17.8. The average molecular weight is 509 g/mol. The van der Waals surface area contributed by atoms with Gasteiger partial charge >= 0.3 is 0 Å². The number of ether oxygens (including phenoxy) is 3. The maximum Gasteiger partial charge on any atom is 0.295 e. The number of carbonyl (C=O) groups excluding carboxylic acids is 2. The molecule has 0 radical (unpaired) electrons. The van der Waals surface area contributed by atoms with Gasteiger partial charge in [0.2, 0.25) is 0 Å². The summed E-state index contributed by atoms with van der Waals surface area (Å²) >= 11 is 0. The number of aryl methyl sites for hydroxylation is 1. The molecule has 1 heterocycles. The van der Waals surface area contributed by atoms with Crippen molar-refractivity contribution in [2.45, 2.75) is 26.8 Å². The van der Waals surface area contributed by atoms with Crippen LogP contribution in [0, 0.1) is 6.92 Å². The van der Waals surface area contributed by atoms with Gasteiger partial charge in [-0.25, -0.2) is 0 Å². The second-order valence-corrected chi connectivity index (χ2v) is 8.71. The number of aliphatic hydroxyl groups is 1. The lowest BCUT2D eigenvalue weighted by atomic mass is 9.93. The fourth-order valence-corrected chi connectivity index (χ4v) is 4.56. The van der Waals surface area contributed by atoms with E-state index in [2.05, 4.69) is 25.3 Å². The van der Waals surface area contributed by atoms with Gasteiger partial charge in [0, 0.05) is 18.7 Å². The molecule has 8 heteroatoms. The van der Waals surface area contributed by atoms with Gasteiger partial charge in [0.15, 0.2) is 11.5 Å². The number of ketones is 1. The third kappa shape index (κ3) is 5.80. The molecule has 0 bridgehead atoms. The highest BCUT2D eigenvalue weighted by Crippen LogP contribution is 2.42. The molecule has 0 saturated carbocycles. The topological polar surface area (TPSA) is 88.5 Å². The minimum absolute atomic E-state index is 0.0413. The third-order valence-electron chi connectivity index (χ3n) is 6.64. The molecule has 1 aliphatic heterocycles. The fourth-order valence-electron chi connectivity index (χ4n) is 4.56. The monoisotopic (exact) mass is 508 g/mol. The van der Waals surface area contributed by atoms with E-state index in [1.807, 2.05) is 6.92 Å². The van der Waals surface area contributed by atoms with Crippen LogP contribution in [0.4, 0.5) is 0 Å². The van der Waals surface area contributed by atoms with E-state index in [-0.39, 0.29) is 11.3 Å². The van der Waals surface area contributed by atoms with Crippen molar-refractivity contribution < 1.29 is 28.9 Å². The molecule has 0 spiro atoms. The number of aliphatic hydroxyl groups excluding tert-OH is 1. The first kappa shape index (κ1) is 27.8. The highest BCUT2D eigenvalue weighted by Gasteiger charge is 2.46. The molecule has 198 valence electrons. The van der Waals surface area contributed by atoms with Crippen molar-refractivity contribution in [2.24, 2.45) is 0 Å². The van der Waals surface area contributed by atoms with Gasteiger partial charge in [0.05, 0.1) is 25.8 Å². The highest BCUT2D eigenvalue weighted by molar-refractivity contribution is 6.46. The Labute approximate surface area is 218 Å². The van der Waals surface area contributed by atoms with Gasteiger partial charge in [-0.05, 0) is 61.5 Å². The van der Waals surface area contributed by atoms with E-state index in [0.29, 0.717) is 53.6 Å². The lowest BCUT2D eigenvalue weighted by Gasteiger charge is -2.28. The second kappa shape index (κ2) is 12.5. The van der Waals surface area contributed by atoms with Crippen LogP contribution in [0.2, 0.25) is 0 Å². The summed E-state index contributed by atoms with van der Waals surface area (Å²) in [6.45, 7) is 12.5. The zero-order chi connectivity index (χ0) is 27.1. The van der Waals surface area contributed by atoms with Crippen LogP contribution in [0.5, 0.6) is 17.2 Å². The molecule has 2 aromatic carbocycles. The third-order valence-corrected chi connectivity index (χ3v) is 6.64. The summed E-state index contributed by atoms with van der Waals surface area (Å²) in [6, 6.07) is 9.66. The minimum Gasteiger partial charge on any atom is -0.507 e. The van der Waals surface area contributed by atoms with E-state index in [1.54, 1.807) is 49.6 Å². The number of methoxy groups -OCH3 is 2. The lowest BCUT2D eigenvalue weighted by molar-refractivity contribution is -0.140. The van der Waals surface area contributed by atoms with Gasteiger partial charge in [0.25, 0.3) is 11.7 Å². The molecule has 37 heavy (non-hydrogen) atoms. The van der Waals surface area contributed by atoms with E-state index < -0.39 is 17.7 Å². The maximum atomic E-state index is 13.4. The number of likely N-dealkylation sites (N-methyl/N-ethyl adjacent to an activating group) is 1. The number of benzene rings is 2. The molecule has 0 unspecified atom stereocenters. The minimum atomic E-state index is -0.786. The van der Waals surface area contributed by atoms with Crippen LogP contribution in [0.25, 0.3) is 5.76 Å². The van der Waals surface area contributed by atoms with Crippen LogP contribution in [0.15, 0.2) is 54.6 Å². The molecule has 1 atom stereocenters. The Morgan fingerprint density at radius 1 is 1.08 bits per heavy atom. The number of hydrogen-bond acceptors (Lipinski definition) is 7. The van der Waals surface area contributed by atoms with Crippen LogP contribution < -0.4 is 14.2 Å². The van der Waals surface area contributed by atoms with E-state index >= 15 is 0 Å². The quantitative estimate of drug-likeness (QED) is 0.197. The number of nitrogens with zero attached hydrogens (tertiary/aromatic N) is 2. The van der Waals surface area contributed by atoms with Crippen molar-refractivity contribution in [3.63, 3.8) is 0 Å². The molecule has 1 aliphatic rings. The Kier molecular flexibility index (Phi) is 9.36. The van der Waals surface area contributed by atoms with E-state index in [1.165, 1.54) is 12.0 Å². The number of Topliss-reactive ketones (excluding diaryl/α,β-unsaturated/α-hetero) is 1. The molecule has 1 amide bonds. The lowest BCUT2D eigenvalue weighted by Crippen LogP contribution is -2.38. The van der Waals surface area contributed by atoms with Crippen LogP contribution in [0.1, 0.15) is 36.6 Å². The summed E-state index contributed by atoms with van der Waals surface area (Å²) in [7, 11) is 3.07. The molecule has 8 nitrogen and oxygen atoms in total. The molecule has 1 fully saturated rings. The molecule has 1 N–H and O–H groups in total. The molecule has 0 aromatic heterocycles. The maximum absolute atomic E-state index is 13.4. The van der Waals surface area contributed by atoms with Gasteiger partial charge in [-0.2, -0.15) is 0 Å². The standard InChI is InChI=1S/C29H36N2O6/c1-7-16-37-21-11-12-22(19(4)17-21)27(32)25-26(20-10-13-23(35-5)24(18-20)36-6)31(29(34)28(25)33)15-14-30(8-2)9-3/h7,10-13,17-18,26,32H,1,8-9,14-16H2,2-6H3/t26-/m1/s1. The van der Waals surface area contributed by atoms with Gasteiger partial charge in [-0.15, -0.1) is 0 Å². The SMILES string of the molecule is C=CCOc1ccc(C(O)=C2C(=O)C(=O)N(CCN(CC)CC)[C@@H]2c2ccc(OC)c(OC)c2)c(C)c1. The molecular weight excluding hydrogens is 472 g/mol. The van der Waals surface area contributed by atoms with Gasteiger partial charge in [-0.1, -0.05) is 32.6 Å². The highest BCUT2D eigenvalue weighted by atomic mass is 16.5. The van der Waals surface area contributed by atoms with Crippen LogP contribution in [-0.4, -0.2) is 73.6 Å². The summed E-state index contributed by atoms with van der Waals surface area (Å²) in [4.78, 5) is 30.4. The molecule has 1 saturated heterocycles. The molecular formula is C29H36N2O6. The number of amides is 1. The normalized spacial score (nSPS) is 16.8. The van der Waals surface area contributed by atoms with Crippen molar-refractivity contribution >= 4 is 17.4 Å². The molecule has 0 aliphatic carbocycles. The summed E-state index contributed by atoms with van der Waals surface area (Å²) < 4.78 is 16.4. The Hall–Kier alpha value is -3.78. The summed E-state index contributed by atoms with van der Waals surface area (Å²) in [5.41, 5.74) is 1.85. The van der Waals surface area contributed by atoms with Gasteiger partial charge in [0.1, 0.15) is 18.1 Å². The Bertz CT molecular complexity index is 1180. The smallest absolute Gasteiger partial charge is 0.295 e. The predicted molar refractivity (Wildman–Crippen MR) is 143 cm³/mol. The van der Waals surface area contributed by atoms with Crippen molar-refractivity contribution in [1.29, 1.82) is 0 Å².